The first-order chi connectivity index (χ1) is 12.0. The number of aromatic amines is 1. The zero-order chi connectivity index (χ0) is 18.0. The Bertz CT molecular complexity index is 979. The molecule has 0 bridgehead atoms. The van der Waals surface area contributed by atoms with Crippen molar-refractivity contribution in [3.05, 3.63) is 69.2 Å². The van der Waals surface area contributed by atoms with Crippen LogP contribution in [-0.2, 0) is 0 Å². The number of nitrogens with one attached hydrogen (secondary N) is 2. The van der Waals surface area contributed by atoms with Crippen molar-refractivity contribution in [2.45, 2.75) is 6.92 Å². The summed E-state index contributed by atoms with van der Waals surface area (Å²) in [6.07, 6.45) is 1.57. The van der Waals surface area contributed by atoms with E-state index >= 15 is 0 Å². The Morgan fingerprint density at radius 2 is 2.12 bits per heavy atom. The van der Waals surface area contributed by atoms with Crippen LogP contribution in [0.4, 0.5) is 5.69 Å². The summed E-state index contributed by atoms with van der Waals surface area (Å²) in [7, 11) is 1.50. The Morgan fingerprint density at radius 3 is 2.76 bits per heavy atom. The lowest BCUT2D eigenvalue weighted by molar-refractivity contribution is 0.102. The van der Waals surface area contributed by atoms with Gasteiger partial charge in [0.1, 0.15) is 11.3 Å². The van der Waals surface area contributed by atoms with Gasteiger partial charge in [0.05, 0.1) is 12.1 Å². The molecule has 1 amide bonds. The van der Waals surface area contributed by atoms with E-state index in [0.717, 1.165) is 0 Å². The van der Waals surface area contributed by atoms with Gasteiger partial charge in [0.2, 0.25) is 0 Å². The number of anilines is 1. The third kappa shape index (κ3) is 3.27. The summed E-state index contributed by atoms with van der Waals surface area (Å²) < 4.78 is 6.30. The van der Waals surface area contributed by atoms with E-state index in [9.17, 15) is 9.59 Å². The van der Waals surface area contributed by atoms with E-state index in [2.05, 4.69) is 15.4 Å². The van der Waals surface area contributed by atoms with E-state index in [1.165, 1.54) is 11.8 Å². The number of carbonyl (C=O) groups excluding carboxylic acids is 1. The van der Waals surface area contributed by atoms with Crippen LogP contribution in [0.25, 0.3) is 5.82 Å². The molecule has 0 saturated heterocycles. The van der Waals surface area contributed by atoms with Crippen molar-refractivity contribution in [1.82, 2.24) is 14.8 Å². The van der Waals surface area contributed by atoms with Crippen molar-refractivity contribution >= 4 is 23.2 Å². The van der Waals surface area contributed by atoms with Gasteiger partial charge in [-0.1, -0.05) is 17.7 Å². The molecule has 0 radical (unpaired) electrons. The minimum atomic E-state index is -0.533. The number of carbonyl (C=O) groups is 1. The van der Waals surface area contributed by atoms with E-state index in [0.29, 0.717) is 28.0 Å². The SMILES string of the molecule is COc1ccc(NC(=O)c2c(C)[nH]n(-c3ccccn3)c2=O)cc1Cl. The number of H-pyrrole nitrogens is 1. The first kappa shape index (κ1) is 16.8. The summed E-state index contributed by atoms with van der Waals surface area (Å²) >= 11 is 6.05. The maximum Gasteiger partial charge on any atom is 0.285 e. The summed E-state index contributed by atoms with van der Waals surface area (Å²) in [5.41, 5.74) is 0.429. The minimum Gasteiger partial charge on any atom is -0.495 e. The molecule has 0 spiro atoms. The molecule has 128 valence electrons. The fourth-order valence-electron chi connectivity index (χ4n) is 2.40. The van der Waals surface area contributed by atoms with Crippen LogP contribution in [-0.4, -0.2) is 27.8 Å². The van der Waals surface area contributed by atoms with Crippen molar-refractivity contribution in [1.29, 1.82) is 0 Å². The van der Waals surface area contributed by atoms with Crippen LogP contribution in [0, 0.1) is 6.92 Å². The molecule has 3 rings (SSSR count). The van der Waals surface area contributed by atoms with Crippen molar-refractivity contribution in [2.24, 2.45) is 0 Å². The lowest BCUT2D eigenvalue weighted by Gasteiger charge is -2.07. The highest BCUT2D eigenvalue weighted by Gasteiger charge is 2.20. The highest BCUT2D eigenvalue weighted by Crippen LogP contribution is 2.27. The summed E-state index contributed by atoms with van der Waals surface area (Å²) in [4.78, 5) is 29.2. The number of pyridine rings is 1. The van der Waals surface area contributed by atoms with Gasteiger partial charge in [-0.05, 0) is 37.3 Å². The first-order valence-corrected chi connectivity index (χ1v) is 7.77. The van der Waals surface area contributed by atoms with E-state index < -0.39 is 11.5 Å². The third-order valence-electron chi connectivity index (χ3n) is 3.59. The molecule has 2 heterocycles. The summed E-state index contributed by atoms with van der Waals surface area (Å²) in [5, 5.41) is 5.88. The number of hydrogen-bond acceptors (Lipinski definition) is 4. The Balaban J connectivity index is 1.92. The van der Waals surface area contributed by atoms with Gasteiger partial charge in [0, 0.05) is 17.6 Å². The normalized spacial score (nSPS) is 10.5. The Kier molecular flexibility index (Phi) is 4.58. The molecule has 0 aliphatic carbocycles. The van der Waals surface area contributed by atoms with Crippen LogP contribution in [0.5, 0.6) is 5.75 Å². The number of nitrogens with zero attached hydrogens (tertiary/aromatic N) is 2. The zero-order valence-corrected chi connectivity index (χ0v) is 14.3. The largest absolute Gasteiger partial charge is 0.495 e. The topological polar surface area (TPSA) is 89.0 Å². The van der Waals surface area contributed by atoms with Gasteiger partial charge in [0.25, 0.3) is 11.5 Å². The van der Waals surface area contributed by atoms with Gasteiger partial charge in [-0.2, -0.15) is 0 Å². The number of aromatic nitrogens is 3. The molecule has 2 aromatic heterocycles. The van der Waals surface area contributed by atoms with E-state index in [1.807, 2.05) is 0 Å². The molecule has 7 nitrogen and oxygen atoms in total. The van der Waals surface area contributed by atoms with Crippen LogP contribution in [0.1, 0.15) is 16.1 Å². The number of benzene rings is 1. The number of ether oxygens (including phenoxy) is 1. The smallest absolute Gasteiger partial charge is 0.285 e. The van der Waals surface area contributed by atoms with Gasteiger partial charge < -0.3 is 10.1 Å². The molecule has 1 aromatic carbocycles. The van der Waals surface area contributed by atoms with Crippen LogP contribution in [0.2, 0.25) is 5.02 Å². The molecular formula is C17H15ClN4O3. The van der Waals surface area contributed by atoms with E-state index in [1.54, 1.807) is 49.5 Å². The summed E-state index contributed by atoms with van der Waals surface area (Å²) in [5.74, 6) is 0.367. The van der Waals surface area contributed by atoms with Crippen LogP contribution < -0.4 is 15.6 Å². The summed E-state index contributed by atoms with van der Waals surface area (Å²) in [6, 6.07) is 9.99. The van der Waals surface area contributed by atoms with E-state index in [4.69, 9.17) is 16.3 Å². The molecule has 0 aliphatic rings. The Morgan fingerprint density at radius 1 is 1.32 bits per heavy atom. The van der Waals surface area contributed by atoms with Gasteiger partial charge in [-0.3, -0.25) is 14.7 Å². The first-order valence-electron chi connectivity index (χ1n) is 7.39. The standard InChI is InChI=1S/C17H15ClN4O3/c1-10-15(17(24)22(21-10)14-5-3-4-8-19-14)16(23)20-11-6-7-13(25-2)12(18)9-11/h3-9,21H,1-2H3,(H,20,23). The predicted molar refractivity (Wildman–Crippen MR) is 94.9 cm³/mol. The maximum absolute atomic E-state index is 12.6. The molecule has 8 heteroatoms. The van der Waals surface area contributed by atoms with Gasteiger partial charge in [0.15, 0.2) is 5.82 Å². The number of methoxy groups -OCH3 is 1. The second-order valence-corrected chi connectivity index (χ2v) is 5.65. The molecule has 0 unspecified atom stereocenters. The molecule has 0 saturated carbocycles. The van der Waals surface area contributed by atoms with E-state index in [-0.39, 0.29) is 5.56 Å². The molecular weight excluding hydrogens is 344 g/mol. The third-order valence-corrected chi connectivity index (χ3v) is 3.88. The zero-order valence-electron chi connectivity index (χ0n) is 13.5. The monoisotopic (exact) mass is 358 g/mol. The number of aryl methyl sites for hydroxylation is 1. The molecule has 0 aliphatic heterocycles. The quantitative estimate of drug-likeness (QED) is 0.750. The van der Waals surface area contributed by atoms with Crippen LogP contribution in [0.15, 0.2) is 47.4 Å². The highest BCUT2D eigenvalue weighted by atomic mass is 35.5. The average molecular weight is 359 g/mol. The number of rotatable bonds is 4. The summed E-state index contributed by atoms with van der Waals surface area (Å²) in [6.45, 7) is 1.65. The lowest BCUT2D eigenvalue weighted by atomic mass is 10.2. The van der Waals surface area contributed by atoms with Crippen molar-refractivity contribution in [3.63, 3.8) is 0 Å². The molecule has 25 heavy (non-hydrogen) atoms. The van der Waals surface area contributed by atoms with Crippen LogP contribution >= 0.6 is 11.6 Å². The van der Waals surface area contributed by atoms with Crippen LogP contribution in [0.3, 0.4) is 0 Å². The number of halogens is 1. The van der Waals surface area contributed by atoms with Gasteiger partial charge in [-0.25, -0.2) is 9.67 Å². The fourth-order valence-corrected chi connectivity index (χ4v) is 2.66. The Hall–Kier alpha value is -3.06. The Labute approximate surface area is 148 Å². The maximum atomic E-state index is 12.6. The predicted octanol–water partition coefficient (Wildman–Crippen LogP) is 2.78. The van der Waals surface area contributed by atoms with Gasteiger partial charge in [-0.15, -0.1) is 0 Å². The van der Waals surface area contributed by atoms with Crippen molar-refractivity contribution in [2.75, 3.05) is 12.4 Å². The molecule has 3 aromatic rings. The molecule has 2 N–H and O–H groups in total. The van der Waals surface area contributed by atoms with Gasteiger partial charge >= 0.3 is 0 Å². The van der Waals surface area contributed by atoms with Crippen molar-refractivity contribution in [3.8, 4) is 11.6 Å². The highest BCUT2D eigenvalue weighted by molar-refractivity contribution is 6.32. The second kappa shape index (κ2) is 6.82. The minimum absolute atomic E-state index is 0.0117. The lowest BCUT2D eigenvalue weighted by Crippen LogP contribution is -2.24. The molecule has 0 atom stereocenters. The molecule has 0 fully saturated rings. The average Bonchev–Trinajstić information content (AvgIpc) is 2.90. The number of amides is 1. The van der Waals surface area contributed by atoms with Crippen molar-refractivity contribution < 1.29 is 9.53 Å². The second-order valence-electron chi connectivity index (χ2n) is 5.24. The number of hydrogen-bond donors (Lipinski definition) is 2. The fraction of sp³-hybridized carbons (Fsp3) is 0.118.